The molecule has 1 unspecified atom stereocenters. The van der Waals surface area contributed by atoms with Crippen LogP contribution in [-0.2, 0) is 0 Å². The number of nitrogens with zero attached hydrogens (tertiary/aromatic N) is 2. The molecule has 1 heterocycles. The number of fused-ring (bicyclic) bond motifs is 1. The number of carbonyl (C=O) groups excluding carboxylic acids is 1. The fourth-order valence-electron chi connectivity index (χ4n) is 4.16. The molecule has 0 bridgehead atoms. The number of anilines is 1. The lowest BCUT2D eigenvalue weighted by Crippen LogP contribution is -2.40. The highest BCUT2D eigenvalue weighted by molar-refractivity contribution is 6.14. The average molecular weight is 386 g/mol. The SMILES string of the molecule is COc1ccc(N(C(=O)c2cc(C3CC3)nc3ccccc23)C(C)C2CC2)cc1. The van der Waals surface area contributed by atoms with Gasteiger partial charge in [0, 0.05) is 28.7 Å². The van der Waals surface area contributed by atoms with E-state index in [4.69, 9.17) is 9.72 Å². The maximum absolute atomic E-state index is 13.9. The highest BCUT2D eigenvalue weighted by Crippen LogP contribution is 2.41. The van der Waals surface area contributed by atoms with E-state index in [1.807, 2.05) is 59.5 Å². The third-order valence-corrected chi connectivity index (χ3v) is 6.24. The van der Waals surface area contributed by atoms with E-state index in [2.05, 4.69) is 6.92 Å². The minimum Gasteiger partial charge on any atom is -0.497 e. The standard InChI is InChI=1S/C25H26N2O2/c1-16(17-7-8-17)27(19-11-13-20(29-2)14-12-19)25(28)22-15-24(18-9-10-18)26-23-6-4-3-5-21(22)23/h3-6,11-18H,7-10H2,1-2H3. The van der Waals surface area contributed by atoms with Gasteiger partial charge in [0.05, 0.1) is 18.2 Å². The lowest BCUT2D eigenvalue weighted by atomic mass is 10.0. The molecule has 4 nitrogen and oxygen atoms in total. The smallest absolute Gasteiger partial charge is 0.259 e. The quantitative estimate of drug-likeness (QED) is 0.556. The summed E-state index contributed by atoms with van der Waals surface area (Å²) in [6, 6.07) is 18.0. The Labute approximate surface area is 171 Å². The summed E-state index contributed by atoms with van der Waals surface area (Å²) in [5, 5.41) is 0.934. The summed E-state index contributed by atoms with van der Waals surface area (Å²) in [6.45, 7) is 2.17. The molecule has 1 atom stereocenters. The molecular formula is C25H26N2O2. The molecular weight excluding hydrogens is 360 g/mol. The zero-order valence-corrected chi connectivity index (χ0v) is 17.0. The molecule has 4 heteroatoms. The fourth-order valence-corrected chi connectivity index (χ4v) is 4.16. The maximum atomic E-state index is 13.9. The Morgan fingerprint density at radius 2 is 1.79 bits per heavy atom. The highest BCUT2D eigenvalue weighted by Gasteiger charge is 2.36. The second-order valence-electron chi connectivity index (χ2n) is 8.34. The van der Waals surface area contributed by atoms with E-state index in [0.717, 1.165) is 33.6 Å². The normalized spacial score (nSPS) is 17.2. The predicted molar refractivity (Wildman–Crippen MR) is 116 cm³/mol. The molecule has 1 amide bonds. The van der Waals surface area contributed by atoms with Crippen LogP contribution in [0.1, 0.15) is 54.6 Å². The number of methoxy groups -OCH3 is 1. The van der Waals surface area contributed by atoms with Gasteiger partial charge in [0.2, 0.25) is 0 Å². The summed E-state index contributed by atoms with van der Waals surface area (Å²) in [6.07, 6.45) is 4.70. The lowest BCUT2D eigenvalue weighted by molar-refractivity contribution is 0.0977. The van der Waals surface area contributed by atoms with Crippen LogP contribution in [-0.4, -0.2) is 24.0 Å². The van der Waals surface area contributed by atoms with Crippen molar-refractivity contribution in [3.05, 3.63) is 65.9 Å². The van der Waals surface area contributed by atoms with Gasteiger partial charge >= 0.3 is 0 Å². The Balaban J connectivity index is 1.61. The Morgan fingerprint density at radius 3 is 2.45 bits per heavy atom. The third-order valence-electron chi connectivity index (χ3n) is 6.24. The number of pyridine rings is 1. The molecule has 2 aliphatic carbocycles. The van der Waals surface area contributed by atoms with Crippen molar-refractivity contribution in [3.63, 3.8) is 0 Å². The van der Waals surface area contributed by atoms with E-state index in [-0.39, 0.29) is 11.9 Å². The van der Waals surface area contributed by atoms with E-state index < -0.39 is 0 Å². The Kier molecular flexibility index (Phi) is 4.50. The number of aromatic nitrogens is 1. The number of hydrogen-bond acceptors (Lipinski definition) is 3. The van der Waals surface area contributed by atoms with Crippen molar-refractivity contribution in [2.45, 2.75) is 44.6 Å². The summed E-state index contributed by atoms with van der Waals surface area (Å²) >= 11 is 0. The number of amides is 1. The number of carbonyl (C=O) groups is 1. The number of ether oxygens (including phenoxy) is 1. The summed E-state index contributed by atoms with van der Waals surface area (Å²) in [7, 11) is 1.66. The summed E-state index contributed by atoms with van der Waals surface area (Å²) < 4.78 is 5.31. The van der Waals surface area contributed by atoms with Crippen molar-refractivity contribution >= 4 is 22.5 Å². The van der Waals surface area contributed by atoms with Gasteiger partial charge in [-0.25, -0.2) is 0 Å². The van der Waals surface area contributed by atoms with E-state index in [1.54, 1.807) is 7.11 Å². The molecule has 2 aliphatic rings. The van der Waals surface area contributed by atoms with Crippen LogP contribution in [0.25, 0.3) is 10.9 Å². The van der Waals surface area contributed by atoms with Gasteiger partial charge in [-0.2, -0.15) is 0 Å². The van der Waals surface area contributed by atoms with Gasteiger partial charge < -0.3 is 9.64 Å². The fraction of sp³-hybridized carbons (Fsp3) is 0.360. The van der Waals surface area contributed by atoms with Crippen LogP contribution < -0.4 is 9.64 Å². The molecule has 29 heavy (non-hydrogen) atoms. The average Bonchev–Trinajstić information content (AvgIpc) is 3.66. The molecule has 0 aliphatic heterocycles. The lowest BCUT2D eigenvalue weighted by Gasteiger charge is -2.30. The molecule has 0 radical (unpaired) electrons. The van der Waals surface area contributed by atoms with Crippen molar-refractivity contribution in [1.82, 2.24) is 4.98 Å². The largest absolute Gasteiger partial charge is 0.497 e. The van der Waals surface area contributed by atoms with Gasteiger partial charge in [-0.15, -0.1) is 0 Å². The Bertz CT molecular complexity index is 1050. The minimum atomic E-state index is 0.0649. The van der Waals surface area contributed by atoms with Crippen LogP contribution in [0.15, 0.2) is 54.6 Å². The van der Waals surface area contributed by atoms with Gasteiger partial charge in [0.15, 0.2) is 0 Å². The van der Waals surface area contributed by atoms with Crippen LogP contribution in [0.3, 0.4) is 0 Å². The number of hydrogen-bond donors (Lipinski definition) is 0. The second-order valence-corrected chi connectivity index (χ2v) is 8.34. The predicted octanol–water partition coefficient (Wildman–Crippen LogP) is 5.57. The number of para-hydroxylation sites is 1. The highest BCUT2D eigenvalue weighted by atomic mass is 16.5. The molecule has 0 N–H and O–H groups in total. The van der Waals surface area contributed by atoms with Gasteiger partial charge in [0.25, 0.3) is 5.91 Å². The van der Waals surface area contributed by atoms with Crippen LogP contribution in [0.5, 0.6) is 5.75 Å². The number of benzene rings is 2. The summed E-state index contributed by atoms with van der Waals surface area (Å²) in [4.78, 5) is 20.8. The topological polar surface area (TPSA) is 42.4 Å². The van der Waals surface area contributed by atoms with E-state index in [0.29, 0.717) is 11.8 Å². The van der Waals surface area contributed by atoms with Crippen LogP contribution in [0.2, 0.25) is 0 Å². The van der Waals surface area contributed by atoms with E-state index >= 15 is 0 Å². The molecule has 2 fully saturated rings. The summed E-state index contributed by atoms with van der Waals surface area (Å²) in [5.41, 5.74) is 3.65. The molecule has 1 aromatic heterocycles. The van der Waals surface area contributed by atoms with E-state index in [9.17, 15) is 4.79 Å². The molecule has 2 saturated carbocycles. The first-order valence-corrected chi connectivity index (χ1v) is 10.5. The van der Waals surface area contributed by atoms with Crippen molar-refractivity contribution in [1.29, 1.82) is 0 Å². The van der Waals surface area contributed by atoms with Gasteiger partial charge in [0.1, 0.15) is 5.75 Å². The second kappa shape index (κ2) is 7.18. The van der Waals surface area contributed by atoms with Gasteiger partial charge in [-0.05, 0) is 74.9 Å². The van der Waals surface area contributed by atoms with Crippen molar-refractivity contribution < 1.29 is 9.53 Å². The van der Waals surface area contributed by atoms with Crippen molar-refractivity contribution in [3.8, 4) is 5.75 Å². The molecule has 5 rings (SSSR count). The molecule has 148 valence electrons. The first kappa shape index (κ1) is 18.2. The third kappa shape index (κ3) is 3.48. The summed E-state index contributed by atoms with van der Waals surface area (Å²) in [5.74, 6) is 1.93. The Morgan fingerprint density at radius 1 is 1.07 bits per heavy atom. The maximum Gasteiger partial charge on any atom is 0.259 e. The van der Waals surface area contributed by atoms with Crippen LogP contribution >= 0.6 is 0 Å². The van der Waals surface area contributed by atoms with Crippen LogP contribution in [0.4, 0.5) is 5.69 Å². The molecule has 0 spiro atoms. The molecule has 0 saturated heterocycles. The Hall–Kier alpha value is -2.88. The molecule has 2 aromatic carbocycles. The van der Waals surface area contributed by atoms with Crippen molar-refractivity contribution in [2.24, 2.45) is 5.92 Å². The van der Waals surface area contributed by atoms with Gasteiger partial charge in [-0.1, -0.05) is 18.2 Å². The van der Waals surface area contributed by atoms with Crippen LogP contribution in [0, 0.1) is 5.92 Å². The monoisotopic (exact) mass is 386 g/mol. The zero-order valence-electron chi connectivity index (χ0n) is 17.0. The zero-order chi connectivity index (χ0) is 20.0. The first-order valence-electron chi connectivity index (χ1n) is 10.5. The molecule has 3 aromatic rings. The first-order chi connectivity index (χ1) is 14.2. The van der Waals surface area contributed by atoms with Gasteiger partial charge in [-0.3, -0.25) is 9.78 Å². The number of rotatable bonds is 6. The van der Waals surface area contributed by atoms with E-state index in [1.165, 1.54) is 25.7 Å². The minimum absolute atomic E-state index is 0.0649. The van der Waals surface area contributed by atoms with Crippen molar-refractivity contribution in [2.75, 3.05) is 12.0 Å².